The molecule has 0 radical (unpaired) electrons. The highest BCUT2D eigenvalue weighted by Gasteiger charge is 2.44. The van der Waals surface area contributed by atoms with Crippen LogP contribution in [0.4, 0.5) is 0 Å². The molecule has 10 aromatic rings. The van der Waals surface area contributed by atoms with Gasteiger partial charge in [-0.25, -0.2) is 0 Å². The van der Waals surface area contributed by atoms with E-state index in [0.717, 1.165) is 0 Å². The Kier molecular flexibility index (Phi) is 6.89. The van der Waals surface area contributed by atoms with Crippen molar-refractivity contribution >= 4 is 43.6 Å². The van der Waals surface area contributed by atoms with Crippen molar-refractivity contribution < 1.29 is 0 Å². The molecule has 0 aliphatic heterocycles. The van der Waals surface area contributed by atoms with E-state index in [1.165, 1.54) is 132 Å². The maximum Gasteiger partial charge on any atom is 0.0547 e. The molecule has 1 spiro atoms. The van der Waals surface area contributed by atoms with Crippen LogP contribution in [-0.4, -0.2) is 9.13 Å². The predicted molar refractivity (Wildman–Crippen MR) is 235 cm³/mol. The number of para-hydroxylation sites is 2. The number of hydrogen-bond acceptors (Lipinski definition) is 0. The summed E-state index contributed by atoms with van der Waals surface area (Å²) in [6, 6.07) is 68.0. The van der Waals surface area contributed by atoms with Gasteiger partial charge in [-0.05, 0) is 118 Å². The van der Waals surface area contributed by atoms with Crippen molar-refractivity contribution in [3.8, 4) is 44.8 Å². The smallest absolute Gasteiger partial charge is 0.0547 e. The number of benzene rings is 8. The summed E-state index contributed by atoms with van der Waals surface area (Å²) in [5.74, 6) is 0. The van der Waals surface area contributed by atoms with E-state index in [9.17, 15) is 0 Å². The van der Waals surface area contributed by atoms with Crippen LogP contribution in [0, 0.1) is 0 Å². The summed E-state index contributed by atoms with van der Waals surface area (Å²) in [6.45, 7) is 0. The maximum atomic E-state index is 2.59. The van der Waals surface area contributed by atoms with Gasteiger partial charge in [-0.1, -0.05) is 141 Å². The minimum atomic E-state index is 0.110. The van der Waals surface area contributed by atoms with E-state index in [2.05, 4.69) is 191 Å². The predicted octanol–water partition coefficient (Wildman–Crippen LogP) is 14.4. The molecule has 2 heterocycles. The third-order valence-electron chi connectivity index (χ3n) is 13.1. The zero-order valence-corrected chi connectivity index (χ0v) is 31.3. The Morgan fingerprint density at radius 3 is 1.73 bits per heavy atom. The van der Waals surface area contributed by atoms with Gasteiger partial charge in [-0.3, -0.25) is 0 Å². The fourth-order valence-corrected chi connectivity index (χ4v) is 10.6. The largest absolute Gasteiger partial charge is 0.309 e. The summed E-state index contributed by atoms with van der Waals surface area (Å²) in [5, 5.41) is 5.19. The van der Waals surface area contributed by atoms with E-state index in [0.29, 0.717) is 0 Å². The molecule has 0 saturated heterocycles. The number of nitrogens with zero attached hydrogens (tertiary/aromatic N) is 2. The first kappa shape index (κ1) is 31.7. The van der Waals surface area contributed by atoms with E-state index >= 15 is 0 Å². The zero-order chi connectivity index (χ0) is 36.8. The first-order valence-electron chi connectivity index (χ1n) is 20.2. The van der Waals surface area contributed by atoms with Crippen molar-refractivity contribution in [2.45, 2.75) is 37.5 Å². The Hall–Kier alpha value is -6.64. The van der Waals surface area contributed by atoms with Gasteiger partial charge in [0.25, 0.3) is 0 Å². The van der Waals surface area contributed by atoms with E-state index in [1.54, 1.807) is 0 Å². The molecular formula is C54H40N2. The van der Waals surface area contributed by atoms with E-state index < -0.39 is 0 Å². The second-order valence-corrected chi connectivity index (χ2v) is 16.0. The molecule has 266 valence electrons. The number of hydrogen-bond donors (Lipinski definition) is 0. The molecule has 12 rings (SSSR count). The van der Waals surface area contributed by atoms with Crippen LogP contribution in [0.3, 0.4) is 0 Å². The van der Waals surface area contributed by atoms with Gasteiger partial charge in [0.15, 0.2) is 0 Å². The quantitative estimate of drug-likeness (QED) is 0.172. The molecule has 0 atom stereocenters. The summed E-state index contributed by atoms with van der Waals surface area (Å²) in [7, 11) is 0. The molecule has 0 bridgehead atoms. The number of fused-ring (bicyclic) bond motifs is 11. The summed E-state index contributed by atoms with van der Waals surface area (Å²) in [5.41, 5.74) is 18.3. The number of aromatic nitrogens is 2. The molecule has 2 aliphatic rings. The van der Waals surface area contributed by atoms with Crippen LogP contribution in [0.15, 0.2) is 182 Å². The summed E-state index contributed by atoms with van der Waals surface area (Å²) < 4.78 is 4.92. The molecule has 56 heavy (non-hydrogen) atoms. The second kappa shape index (κ2) is 12.2. The molecular weight excluding hydrogens is 677 g/mol. The molecule has 2 heteroatoms. The van der Waals surface area contributed by atoms with Gasteiger partial charge in [0.2, 0.25) is 0 Å². The van der Waals surface area contributed by atoms with Gasteiger partial charge in [-0.15, -0.1) is 0 Å². The third kappa shape index (κ3) is 4.56. The minimum absolute atomic E-state index is 0.110. The average Bonchev–Trinajstić information content (AvgIpc) is 3.87. The molecule has 1 saturated carbocycles. The highest BCUT2D eigenvalue weighted by molar-refractivity contribution is 6.13. The fourth-order valence-electron chi connectivity index (χ4n) is 10.6. The van der Waals surface area contributed by atoms with Gasteiger partial charge in [0, 0.05) is 38.3 Å². The number of rotatable bonds is 4. The Balaban J connectivity index is 1.09. The molecule has 1 fully saturated rings. The summed E-state index contributed by atoms with van der Waals surface area (Å²) in [4.78, 5) is 0. The van der Waals surface area contributed by atoms with Crippen LogP contribution in [0.25, 0.3) is 88.4 Å². The van der Waals surface area contributed by atoms with Gasteiger partial charge < -0.3 is 9.13 Å². The Morgan fingerprint density at radius 2 is 0.893 bits per heavy atom. The third-order valence-corrected chi connectivity index (χ3v) is 13.1. The normalized spacial score (nSPS) is 14.6. The van der Waals surface area contributed by atoms with Crippen LogP contribution < -0.4 is 0 Å². The lowest BCUT2D eigenvalue weighted by Gasteiger charge is -2.36. The van der Waals surface area contributed by atoms with Crippen molar-refractivity contribution in [2.75, 3.05) is 0 Å². The molecule has 2 aromatic heterocycles. The maximum absolute atomic E-state index is 2.59. The Labute approximate surface area is 326 Å². The Bertz CT molecular complexity index is 3140. The molecule has 8 aromatic carbocycles. The van der Waals surface area contributed by atoms with Crippen LogP contribution in [0.5, 0.6) is 0 Å². The summed E-state index contributed by atoms with van der Waals surface area (Å²) >= 11 is 0. The monoisotopic (exact) mass is 716 g/mol. The molecule has 2 aliphatic carbocycles. The standard InChI is InChI=1S/C54H40N2/c1-4-14-36(15-5-1)37-22-26-41(27-23-37)56-52-33-39(38-25-29-51-46(32-38)43-19-9-11-21-50(43)55(51)40-16-6-2-7-17-40)24-28-44(52)47-34-49-45(35-53(47)56)42-18-8-10-20-48(42)54(49)30-12-3-13-31-54/h1-2,4-11,14-29,32-35H,3,12-13,30-31H2. The lowest BCUT2D eigenvalue weighted by molar-refractivity contribution is 0.353. The minimum Gasteiger partial charge on any atom is -0.309 e. The zero-order valence-electron chi connectivity index (χ0n) is 31.3. The highest BCUT2D eigenvalue weighted by atomic mass is 15.0. The molecule has 2 nitrogen and oxygen atoms in total. The summed E-state index contributed by atoms with van der Waals surface area (Å²) in [6.07, 6.45) is 6.38. The lowest BCUT2D eigenvalue weighted by Crippen LogP contribution is -2.27. The van der Waals surface area contributed by atoms with Crippen molar-refractivity contribution in [1.29, 1.82) is 0 Å². The first-order chi connectivity index (χ1) is 27.7. The average molecular weight is 717 g/mol. The highest BCUT2D eigenvalue weighted by Crippen LogP contribution is 2.57. The van der Waals surface area contributed by atoms with Crippen molar-refractivity contribution in [3.05, 3.63) is 193 Å². The molecule has 0 N–H and O–H groups in total. The van der Waals surface area contributed by atoms with E-state index in [1.807, 2.05) is 0 Å². The first-order valence-corrected chi connectivity index (χ1v) is 20.2. The molecule has 0 unspecified atom stereocenters. The van der Waals surface area contributed by atoms with Crippen LogP contribution >= 0.6 is 0 Å². The fraction of sp³-hybridized carbons (Fsp3) is 0.111. The van der Waals surface area contributed by atoms with Crippen molar-refractivity contribution in [2.24, 2.45) is 0 Å². The van der Waals surface area contributed by atoms with Crippen molar-refractivity contribution in [1.82, 2.24) is 9.13 Å². The van der Waals surface area contributed by atoms with E-state index in [-0.39, 0.29) is 5.41 Å². The van der Waals surface area contributed by atoms with Crippen LogP contribution in [0.1, 0.15) is 43.2 Å². The second-order valence-electron chi connectivity index (χ2n) is 16.0. The van der Waals surface area contributed by atoms with Gasteiger partial charge in [0.05, 0.1) is 22.1 Å². The van der Waals surface area contributed by atoms with Gasteiger partial charge in [0.1, 0.15) is 0 Å². The molecule has 0 amide bonds. The van der Waals surface area contributed by atoms with E-state index in [4.69, 9.17) is 0 Å². The van der Waals surface area contributed by atoms with Gasteiger partial charge in [-0.2, -0.15) is 0 Å². The Morgan fingerprint density at radius 1 is 0.321 bits per heavy atom. The lowest BCUT2D eigenvalue weighted by atomic mass is 9.68. The van der Waals surface area contributed by atoms with Crippen LogP contribution in [0.2, 0.25) is 0 Å². The van der Waals surface area contributed by atoms with Crippen LogP contribution in [-0.2, 0) is 5.41 Å². The topological polar surface area (TPSA) is 9.86 Å². The van der Waals surface area contributed by atoms with Crippen molar-refractivity contribution in [3.63, 3.8) is 0 Å². The van der Waals surface area contributed by atoms with Gasteiger partial charge >= 0.3 is 0 Å². The SMILES string of the molecule is c1ccc(-c2ccc(-n3c4cc(-c5ccc6c(c5)c5ccccc5n6-c5ccccc5)ccc4c4cc5c(cc43)-c3ccccc3C53CCCCC3)cc2)cc1.